The predicted molar refractivity (Wildman–Crippen MR) is 63.1 cm³/mol. The Hall–Kier alpha value is -0.750. The lowest BCUT2D eigenvalue weighted by atomic mass is 10.3. The third-order valence-corrected chi connectivity index (χ3v) is 2.72. The summed E-state index contributed by atoms with van der Waals surface area (Å²) in [4.78, 5) is 0. The highest BCUT2D eigenvalue weighted by Gasteiger charge is 2.10. The van der Waals surface area contributed by atoms with Gasteiger partial charge in [0.25, 0.3) is 0 Å². The highest BCUT2D eigenvalue weighted by molar-refractivity contribution is 7.98. The number of anilines is 1. The van der Waals surface area contributed by atoms with E-state index >= 15 is 0 Å². The predicted octanol–water partition coefficient (Wildman–Crippen LogP) is 1.34. The molecular weight excluding hydrogens is 212 g/mol. The summed E-state index contributed by atoms with van der Waals surface area (Å²) >= 11 is 1.81. The van der Waals surface area contributed by atoms with Gasteiger partial charge in [-0.3, -0.25) is 0 Å². The molecule has 0 aliphatic rings. The molecule has 0 amide bonds. The number of thioether (sulfide) groups is 1. The molecule has 1 heterocycles. The van der Waals surface area contributed by atoms with E-state index < -0.39 is 0 Å². The van der Waals surface area contributed by atoms with Crippen molar-refractivity contribution in [2.24, 2.45) is 0 Å². The first-order valence-electron chi connectivity index (χ1n) is 5.02. The minimum absolute atomic E-state index is 0.392. The van der Waals surface area contributed by atoms with Crippen molar-refractivity contribution in [2.45, 2.75) is 25.9 Å². The Morgan fingerprint density at radius 2 is 2.27 bits per heavy atom. The van der Waals surface area contributed by atoms with Gasteiger partial charge in [0.2, 0.25) is 5.89 Å². The molecule has 1 unspecified atom stereocenters. The first-order chi connectivity index (χ1) is 7.30. The molecule has 1 aromatic heterocycles. The van der Waals surface area contributed by atoms with Crippen LogP contribution in [0.5, 0.6) is 0 Å². The van der Waals surface area contributed by atoms with Gasteiger partial charge >= 0.3 is 6.01 Å². The van der Waals surface area contributed by atoms with Crippen LogP contribution in [0.4, 0.5) is 6.01 Å². The summed E-state index contributed by atoms with van der Waals surface area (Å²) < 4.78 is 5.40. The van der Waals surface area contributed by atoms with Crippen molar-refractivity contribution in [3.63, 3.8) is 0 Å². The molecule has 15 heavy (non-hydrogen) atoms. The Balaban J connectivity index is 2.47. The van der Waals surface area contributed by atoms with E-state index in [4.69, 9.17) is 4.42 Å². The highest BCUT2D eigenvalue weighted by Crippen LogP contribution is 2.10. The third-order valence-electron chi connectivity index (χ3n) is 1.98. The van der Waals surface area contributed by atoms with Crippen LogP contribution in [-0.2, 0) is 6.54 Å². The lowest BCUT2D eigenvalue weighted by molar-refractivity contribution is 0.485. The van der Waals surface area contributed by atoms with Gasteiger partial charge in [0.15, 0.2) is 0 Å². The van der Waals surface area contributed by atoms with E-state index in [1.807, 2.05) is 7.05 Å². The second-order valence-electron chi connectivity index (χ2n) is 3.24. The summed E-state index contributed by atoms with van der Waals surface area (Å²) in [6.07, 6.45) is 3.13. The molecule has 0 spiro atoms. The number of hydrogen-bond donors (Lipinski definition) is 2. The number of aromatic nitrogens is 2. The quantitative estimate of drug-likeness (QED) is 0.737. The third kappa shape index (κ3) is 4.09. The lowest BCUT2D eigenvalue weighted by Gasteiger charge is -2.12. The molecule has 0 aliphatic carbocycles. The van der Waals surface area contributed by atoms with Crippen molar-refractivity contribution >= 4 is 17.8 Å². The van der Waals surface area contributed by atoms with Crippen LogP contribution in [0.3, 0.4) is 0 Å². The van der Waals surface area contributed by atoms with Crippen molar-refractivity contribution in [2.75, 3.05) is 24.4 Å². The van der Waals surface area contributed by atoms with E-state index in [9.17, 15) is 0 Å². The van der Waals surface area contributed by atoms with E-state index in [1.165, 1.54) is 0 Å². The monoisotopic (exact) mass is 230 g/mol. The molecule has 0 fully saturated rings. The van der Waals surface area contributed by atoms with Crippen molar-refractivity contribution in [1.29, 1.82) is 0 Å². The molecule has 5 nitrogen and oxygen atoms in total. The topological polar surface area (TPSA) is 63.0 Å². The second-order valence-corrected chi connectivity index (χ2v) is 4.15. The van der Waals surface area contributed by atoms with E-state index in [0.717, 1.165) is 12.2 Å². The fourth-order valence-electron chi connectivity index (χ4n) is 1.17. The molecule has 0 radical (unpaired) electrons. The number of hydrogen-bond acceptors (Lipinski definition) is 6. The van der Waals surface area contributed by atoms with Crippen molar-refractivity contribution in [1.82, 2.24) is 15.5 Å². The van der Waals surface area contributed by atoms with Crippen LogP contribution in [0.1, 0.15) is 19.2 Å². The summed E-state index contributed by atoms with van der Waals surface area (Å²) in [5.41, 5.74) is 0. The Kier molecular flexibility index (Phi) is 5.49. The highest BCUT2D eigenvalue weighted by atomic mass is 32.2. The van der Waals surface area contributed by atoms with Gasteiger partial charge in [0.1, 0.15) is 0 Å². The molecule has 1 rings (SSSR count). The van der Waals surface area contributed by atoms with Crippen LogP contribution >= 0.6 is 11.8 Å². The normalized spacial score (nSPS) is 12.7. The molecule has 2 N–H and O–H groups in total. The van der Waals surface area contributed by atoms with Crippen molar-refractivity contribution in [3.8, 4) is 0 Å². The molecular formula is C9H18N4OS. The Morgan fingerprint density at radius 1 is 1.47 bits per heavy atom. The summed E-state index contributed by atoms with van der Waals surface area (Å²) in [5, 5.41) is 14.0. The van der Waals surface area contributed by atoms with E-state index in [1.54, 1.807) is 11.8 Å². The van der Waals surface area contributed by atoms with Gasteiger partial charge in [-0.1, -0.05) is 12.0 Å². The van der Waals surface area contributed by atoms with E-state index in [-0.39, 0.29) is 0 Å². The molecule has 0 aromatic carbocycles. The van der Waals surface area contributed by atoms with Crippen LogP contribution in [0.25, 0.3) is 0 Å². The molecule has 6 heteroatoms. The van der Waals surface area contributed by atoms with Gasteiger partial charge in [0.05, 0.1) is 6.54 Å². The van der Waals surface area contributed by atoms with E-state index in [0.29, 0.717) is 24.5 Å². The van der Waals surface area contributed by atoms with Gasteiger partial charge in [-0.2, -0.15) is 11.8 Å². The van der Waals surface area contributed by atoms with Crippen LogP contribution in [-0.4, -0.2) is 35.3 Å². The maximum Gasteiger partial charge on any atom is 0.315 e. The zero-order chi connectivity index (χ0) is 11.1. The Bertz CT molecular complexity index is 279. The molecule has 0 saturated heterocycles. The van der Waals surface area contributed by atoms with Gasteiger partial charge < -0.3 is 15.1 Å². The summed E-state index contributed by atoms with van der Waals surface area (Å²) in [6.45, 7) is 2.74. The van der Waals surface area contributed by atoms with Crippen LogP contribution in [0, 0.1) is 0 Å². The molecule has 1 atom stereocenters. The fraction of sp³-hybridized carbons (Fsp3) is 0.778. The van der Waals surface area contributed by atoms with Crippen molar-refractivity contribution in [3.05, 3.63) is 5.89 Å². The zero-order valence-electron chi connectivity index (χ0n) is 9.41. The first-order valence-corrected chi connectivity index (χ1v) is 6.42. The van der Waals surface area contributed by atoms with E-state index in [2.05, 4.69) is 34.0 Å². The Morgan fingerprint density at radius 3 is 2.87 bits per heavy atom. The largest absolute Gasteiger partial charge is 0.407 e. The zero-order valence-corrected chi connectivity index (χ0v) is 10.2. The minimum atomic E-state index is 0.392. The van der Waals surface area contributed by atoms with Gasteiger partial charge in [-0.15, -0.1) is 5.10 Å². The van der Waals surface area contributed by atoms with Crippen molar-refractivity contribution < 1.29 is 4.42 Å². The van der Waals surface area contributed by atoms with Crippen LogP contribution in [0.2, 0.25) is 0 Å². The second kappa shape index (κ2) is 6.68. The van der Waals surface area contributed by atoms with Gasteiger partial charge in [-0.25, -0.2) is 0 Å². The Labute approximate surface area is 94.4 Å². The summed E-state index contributed by atoms with van der Waals surface area (Å²) in [5.74, 6) is 1.65. The maximum absolute atomic E-state index is 5.40. The van der Waals surface area contributed by atoms with Gasteiger partial charge in [0, 0.05) is 11.8 Å². The maximum atomic E-state index is 5.40. The average Bonchev–Trinajstić information content (AvgIpc) is 2.66. The first kappa shape index (κ1) is 12.3. The standard InChI is InChI=1S/C9H18N4OS/c1-4-7(6-15-3)11-9-13-12-8(14-9)5-10-2/h7,10H,4-6H2,1-3H3,(H,11,13). The molecule has 0 saturated carbocycles. The molecule has 0 aliphatic heterocycles. The number of nitrogens with one attached hydrogen (secondary N) is 2. The average molecular weight is 230 g/mol. The van der Waals surface area contributed by atoms with Crippen LogP contribution in [0.15, 0.2) is 4.42 Å². The smallest absolute Gasteiger partial charge is 0.315 e. The summed E-state index contributed by atoms with van der Waals surface area (Å²) in [7, 11) is 1.85. The lowest BCUT2D eigenvalue weighted by Crippen LogP contribution is -2.21. The van der Waals surface area contributed by atoms with Gasteiger partial charge in [-0.05, 0) is 19.7 Å². The minimum Gasteiger partial charge on any atom is -0.407 e. The van der Waals surface area contributed by atoms with Crippen LogP contribution < -0.4 is 10.6 Å². The SMILES string of the molecule is CCC(CSC)Nc1nnc(CNC)o1. The molecule has 0 bridgehead atoms. The molecule has 86 valence electrons. The molecule has 1 aromatic rings. The number of nitrogens with zero attached hydrogens (tertiary/aromatic N) is 2. The summed E-state index contributed by atoms with van der Waals surface area (Å²) in [6, 6.07) is 0.907. The fourth-order valence-corrected chi connectivity index (χ4v) is 1.89. The number of rotatable bonds is 7.